The number of anilines is 1. The molecule has 0 radical (unpaired) electrons. The molecule has 2 aromatic heterocycles. The zero-order chi connectivity index (χ0) is 13.8. The monoisotopic (exact) mass is 333 g/mol. The number of nitrogens with one attached hydrogen (secondary N) is 1. The Labute approximate surface area is 123 Å². The van der Waals surface area contributed by atoms with Crippen LogP contribution < -0.4 is 5.32 Å². The molecule has 7 heteroatoms. The smallest absolute Gasteiger partial charge is 0.240 e. The van der Waals surface area contributed by atoms with Crippen molar-refractivity contribution in [3.8, 4) is 11.6 Å². The van der Waals surface area contributed by atoms with Crippen molar-refractivity contribution in [2.75, 3.05) is 11.9 Å². The van der Waals surface area contributed by atoms with E-state index >= 15 is 0 Å². The van der Waals surface area contributed by atoms with Crippen molar-refractivity contribution in [3.05, 3.63) is 47.1 Å². The molecule has 0 unspecified atom stereocenters. The largest absolute Gasteiger partial charge is 0.461 e. The van der Waals surface area contributed by atoms with Gasteiger partial charge in [-0.05, 0) is 35.5 Å². The number of aromatic nitrogens is 4. The van der Waals surface area contributed by atoms with Crippen LogP contribution in [0.3, 0.4) is 0 Å². The number of nitrogens with zero attached hydrogens (tertiary/aromatic N) is 4. The molecule has 0 saturated heterocycles. The Kier molecular flexibility index (Phi) is 3.78. The SMILES string of the molecule is Brc1cccc(NCCn2nnc(-c3ccco3)n2)c1. The first-order valence-corrected chi connectivity index (χ1v) is 6.92. The van der Waals surface area contributed by atoms with Crippen LogP contribution in [0, 0.1) is 0 Å². The van der Waals surface area contributed by atoms with Crippen LogP contribution in [0.25, 0.3) is 11.6 Å². The van der Waals surface area contributed by atoms with Crippen LogP contribution in [0.4, 0.5) is 5.69 Å². The number of hydrogen-bond acceptors (Lipinski definition) is 5. The van der Waals surface area contributed by atoms with Gasteiger partial charge in [0.1, 0.15) is 0 Å². The lowest BCUT2D eigenvalue weighted by Gasteiger charge is -2.05. The maximum atomic E-state index is 5.22. The molecule has 0 amide bonds. The zero-order valence-corrected chi connectivity index (χ0v) is 12.1. The molecule has 6 nitrogen and oxygen atoms in total. The molecule has 20 heavy (non-hydrogen) atoms. The molecule has 0 spiro atoms. The van der Waals surface area contributed by atoms with E-state index < -0.39 is 0 Å². The molecule has 0 bridgehead atoms. The number of benzene rings is 1. The summed E-state index contributed by atoms with van der Waals surface area (Å²) in [5, 5.41) is 15.5. The Balaban J connectivity index is 1.57. The van der Waals surface area contributed by atoms with E-state index in [0.717, 1.165) is 10.2 Å². The number of rotatable bonds is 5. The van der Waals surface area contributed by atoms with Gasteiger partial charge in [0.05, 0.1) is 12.8 Å². The maximum Gasteiger partial charge on any atom is 0.240 e. The zero-order valence-electron chi connectivity index (χ0n) is 10.5. The molecule has 1 aromatic carbocycles. The van der Waals surface area contributed by atoms with Gasteiger partial charge in [-0.15, -0.1) is 10.2 Å². The normalized spacial score (nSPS) is 10.7. The molecule has 0 saturated carbocycles. The first-order valence-electron chi connectivity index (χ1n) is 6.12. The molecular weight excluding hydrogens is 322 g/mol. The summed E-state index contributed by atoms with van der Waals surface area (Å²) in [6.45, 7) is 1.34. The first-order chi connectivity index (χ1) is 9.81. The summed E-state index contributed by atoms with van der Waals surface area (Å²) in [6.07, 6.45) is 1.59. The molecule has 0 fully saturated rings. The Morgan fingerprint density at radius 3 is 3.00 bits per heavy atom. The first kappa shape index (κ1) is 12.9. The number of tetrazole rings is 1. The van der Waals surface area contributed by atoms with Gasteiger partial charge in [0.15, 0.2) is 5.76 Å². The fourth-order valence-corrected chi connectivity index (χ4v) is 2.14. The van der Waals surface area contributed by atoms with E-state index in [1.54, 1.807) is 23.2 Å². The van der Waals surface area contributed by atoms with Gasteiger partial charge in [-0.2, -0.15) is 4.80 Å². The van der Waals surface area contributed by atoms with Crippen LogP contribution in [-0.4, -0.2) is 26.8 Å². The van der Waals surface area contributed by atoms with Gasteiger partial charge in [-0.3, -0.25) is 0 Å². The molecule has 3 aromatic rings. The van der Waals surface area contributed by atoms with E-state index in [9.17, 15) is 0 Å². The summed E-state index contributed by atoms with van der Waals surface area (Å²) in [4.78, 5) is 1.54. The van der Waals surface area contributed by atoms with E-state index in [-0.39, 0.29) is 0 Å². The van der Waals surface area contributed by atoms with Crippen molar-refractivity contribution in [2.24, 2.45) is 0 Å². The summed E-state index contributed by atoms with van der Waals surface area (Å²) in [7, 11) is 0. The summed E-state index contributed by atoms with van der Waals surface area (Å²) in [5.74, 6) is 1.12. The molecular formula is C13H12BrN5O. The molecule has 1 N–H and O–H groups in total. The van der Waals surface area contributed by atoms with Gasteiger partial charge in [-0.25, -0.2) is 0 Å². The molecule has 2 heterocycles. The van der Waals surface area contributed by atoms with E-state index in [1.807, 2.05) is 24.3 Å². The van der Waals surface area contributed by atoms with Crippen molar-refractivity contribution in [1.29, 1.82) is 0 Å². The summed E-state index contributed by atoms with van der Waals surface area (Å²) in [5.41, 5.74) is 1.05. The van der Waals surface area contributed by atoms with Gasteiger partial charge in [-0.1, -0.05) is 22.0 Å². The lowest BCUT2D eigenvalue weighted by Crippen LogP contribution is -2.12. The third kappa shape index (κ3) is 3.05. The van der Waals surface area contributed by atoms with Gasteiger partial charge >= 0.3 is 0 Å². The van der Waals surface area contributed by atoms with Crippen LogP contribution in [0.15, 0.2) is 51.6 Å². The van der Waals surface area contributed by atoms with Gasteiger partial charge in [0.25, 0.3) is 0 Å². The van der Waals surface area contributed by atoms with E-state index in [2.05, 4.69) is 36.7 Å². The Bertz CT molecular complexity index is 680. The molecule has 0 atom stereocenters. The quantitative estimate of drug-likeness (QED) is 0.777. The van der Waals surface area contributed by atoms with Crippen molar-refractivity contribution < 1.29 is 4.42 Å². The lowest BCUT2D eigenvalue weighted by molar-refractivity contribution is 0.537. The van der Waals surface area contributed by atoms with Crippen molar-refractivity contribution in [2.45, 2.75) is 6.54 Å². The van der Waals surface area contributed by atoms with Crippen LogP contribution in [0.2, 0.25) is 0 Å². The molecule has 102 valence electrons. The van der Waals surface area contributed by atoms with Gasteiger partial charge in [0.2, 0.25) is 5.82 Å². The molecule has 0 aliphatic rings. The minimum Gasteiger partial charge on any atom is -0.461 e. The second-order valence-electron chi connectivity index (χ2n) is 4.12. The minimum absolute atomic E-state index is 0.498. The second kappa shape index (κ2) is 5.87. The van der Waals surface area contributed by atoms with Crippen LogP contribution in [0.1, 0.15) is 0 Å². The summed E-state index contributed by atoms with van der Waals surface area (Å²) < 4.78 is 6.26. The van der Waals surface area contributed by atoms with Crippen LogP contribution >= 0.6 is 15.9 Å². The Morgan fingerprint density at radius 2 is 2.20 bits per heavy atom. The average Bonchev–Trinajstić information content (AvgIpc) is 3.09. The highest BCUT2D eigenvalue weighted by molar-refractivity contribution is 9.10. The molecule has 0 aliphatic heterocycles. The predicted molar refractivity (Wildman–Crippen MR) is 78.2 cm³/mol. The summed E-state index contributed by atoms with van der Waals surface area (Å²) >= 11 is 3.43. The van der Waals surface area contributed by atoms with Crippen molar-refractivity contribution in [1.82, 2.24) is 20.2 Å². The van der Waals surface area contributed by atoms with E-state index in [0.29, 0.717) is 24.7 Å². The fourth-order valence-electron chi connectivity index (χ4n) is 1.74. The van der Waals surface area contributed by atoms with Gasteiger partial charge < -0.3 is 9.73 Å². The Morgan fingerprint density at radius 1 is 1.25 bits per heavy atom. The van der Waals surface area contributed by atoms with Crippen molar-refractivity contribution in [3.63, 3.8) is 0 Å². The minimum atomic E-state index is 0.498. The van der Waals surface area contributed by atoms with Crippen LogP contribution in [0.5, 0.6) is 0 Å². The summed E-state index contributed by atoms with van der Waals surface area (Å²) in [6, 6.07) is 11.6. The third-order valence-corrected chi connectivity index (χ3v) is 3.15. The fraction of sp³-hybridized carbons (Fsp3) is 0.154. The highest BCUT2D eigenvalue weighted by atomic mass is 79.9. The highest BCUT2D eigenvalue weighted by Crippen LogP contribution is 2.15. The maximum absolute atomic E-state index is 5.22. The van der Waals surface area contributed by atoms with Gasteiger partial charge in [0, 0.05) is 16.7 Å². The number of halogens is 1. The average molecular weight is 334 g/mol. The van der Waals surface area contributed by atoms with E-state index in [1.165, 1.54) is 0 Å². The molecule has 3 rings (SSSR count). The highest BCUT2D eigenvalue weighted by Gasteiger charge is 2.07. The predicted octanol–water partition coefficient (Wildman–Crippen LogP) is 2.81. The lowest BCUT2D eigenvalue weighted by atomic mass is 10.3. The number of hydrogen-bond donors (Lipinski definition) is 1. The second-order valence-corrected chi connectivity index (χ2v) is 5.04. The molecule has 0 aliphatic carbocycles. The van der Waals surface area contributed by atoms with Crippen LogP contribution in [-0.2, 0) is 6.54 Å². The number of furan rings is 1. The topological polar surface area (TPSA) is 68.8 Å². The van der Waals surface area contributed by atoms with Crippen molar-refractivity contribution >= 4 is 21.6 Å². The van der Waals surface area contributed by atoms with E-state index in [4.69, 9.17) is 4.42 Å². The Hall–Kier alpha value is -2.15. The third-order valence-electron chi connectivity index (χ3n) is 2.66. The standard InChI is InChI=1S/C13H12BrN5O/c14-10-3-1-4-11(9-10)15-6-7-19-17-13(16-18-19)12-5-2-8-20-12/h1-5,8-9,15H,6-7H2.